The second-order valence-corrected chi connectivity index (χ2v) is 4.80. The van der Waals surface area contributed by atoms with Crippen LogP contribution in [0.15, 0.2) is 34.4 Å². The number of alkyl halides is 1. The van der Waals surface area contributed by atoms with Crippen molar-refractivity contribution < 1.29 is 4.79 Å². The Morgan fingerprint density at radius 3 is 2.61 bits per heavy atom. The fourth-order valence-corrected chi connectivity index (χ4v) is 2.18. The summed E-state index contributed by atoms with van der Waals surface area (Å²) in [4.78, 5) is 25.2. The minimum Gasteiger partial charge on any atom is -0.346 e. The lowest BCUT2D eigenvalue weighted by molar-refractivity contribution is 0.0950. The topological polar surface area (TPSA) is 62.0 Å². The zero-order chi connectivity index (χ0) is 13.0. The molecule has 0 aliphatic carbocycles. The van der Waals surface area contributed by atoms with E-state index in [0.29, 0.717) is 23.7 Å². The number of benzene rings is 1. The van der Waals surface area contributed by atoms with Gasteiger partial charge < -0.3 is 10.3 Å². The second-order valence-electron chi connectivity index (χ2n) is 3.69. The molecule has 0 aliphatic rings. The summed E-state index contributed by atoms with van der Waals surface area (Å²) in [5.41, 5.74) is 2.24. The number of carbonyl (C=O) groups excluding carboxylic acids is 1. The molecule has 1 heterocycles. The molecule has 0 spiro atoms. The lowest BCUT2D eigenvalue weighted by Crippen LogP contribution is -2.23. The molecule has 0 aliphatic heterocycles. The van der Waals surface area contributed by atoms with Crippen LogP contribution in [0.4, 0.5) is 0 Å². The van der Waals surface area contributed by atoms with Crippen molar-refractivity contribution in [1.29, 1.82) is 0 Å². The first-order valence-corrected chi connectivity index (χ1v) is 6.70. The zero-order valence-corrected chi connectivity index (χ0v) is 11.0. The van der Waals surface area contributed by atoms with Gasteiger partial charge in [-0.15, -0.1) is 11.6 Å². The number of hydrogen-bond acceptors (Lipinski definition) is 3. The molecule has 2 N–H and O–H groups in total. The van der Waals surface area contributed by atoms with E-state index >= 15 is 0 Å². The number of aromatic nitrogens is 1. The molecule has 1 aromatic heterocycles. The third-order valence-electron chi connectivity index (χ3n) is 2.38. The van der Waals surface area contributed by atoms with Crippen LogP contribution in [0.2, 0.25) is 0 Å². The van der Waals surface area contributed by atoms with Crippen LogP contribution in [0.1, 0.15) is 21.6 Å². The van der Waals surface area contributed by atoms with Crippen LogP contribution in [0.5, 0.6) is 0 Å². The van der Waals surface area contributed by atoms with Gasteiger partial charge in [-0.05, 0) is 17.7 Å². The summed E-state index contributed by atoms with van der Waals surface area (Å²) >= 11 is 6.75. The van der Waals surface area contributed by atoms with E-state index in [9.17, 15) is 9.59 Å². The molecule has 0 unspecified atom stereocenters. The molecule has 0 radical (unpaired) electrons. The third-order valence-corrected chi connectivity index (χ3v) is 3.41. The van der Waals surface area contributed by atoms with Crippen LogP contribution in [0.25, 0.3) is 0 Å². The SMILES string of the molecule is O=C(NCc1csc(=O)[nH]1)c1ccc(CCl)cc1. The van der Waals surface area contributed by atoms with Crippen LogP contribution in [0.3, 0.4) is 0 Å². The van der Waals surface area contributed by atoms with E-state index in [2.05, 4.69) is 10.3 Å². The number of aromatic amines is 1. The van der Waals surface area contributed by atoms with Crippen molar-refractivity contribution in [1.82, 2.24) is 10.3 Å². The predicted molar refractivity (Wildman–Crippen MR) is 72.1 cm³/mol. The molecule has 18 heavy (non-hydrogen) atoms. The largest absolute Gasteiger partial charge is 0.346 e. The van der Waals surface area contributed by atoms with Gasteiger partial charge in [0.15, 0.2) is 0 Å². The molecule has 4 nitrogen and oxygen atoms in total. The zero-order valence-electron chi connectivity index (χ0n) is 9.40. The highest BCUT2D eigenvalue weighted by Crippen LogP contribution is 2.07. The molecule has 0 saturated carbocycles. The third kappa shape index (κ3) is 3.21. The molecule has 2 aromatic rings. The molecule has 6 heteroatoms. The van der Waals surface area contributed by atoms with Gasteiger partial charge >= 0.3 is 4.87 Å². The van der Waals surface area contributed by atoms with Crippen LogP contribution in [0, 0.1) is 0 Å². The van der Waals surface area contributed by atoms with Gasteiger partial charge in [0.05, 0.1) is 6.54 Å². The van der Waals surface area contributed by atoms with Crippen molar-refractivity contribution in [3.63, 3.8) is 0 Å². The standard InChI is InChI=1S/C12H11ClN2O2S/c13-5-8-1-3-9(4-2-8)11(16)14-6-10-7-18-12(17)15-10/h1-4,7H,5-6H2,(H,14,16)(H,15,17). The highest BCUT2D eigenvalue weighted by Gasteiger charge is 2.05. The van der Waals surface area contributed by atoms with Crippen molar-refractivity contribution >= 4 is 28.8 Å². The maximum absolute atomic E-state index is 11.8. The first-order chi connectivity index (χ1) is 8.69. The molecule has 0 fully saturated rings. The fraction of sp³-hybridized carbons (Fsp3) is 0.167. The number of nitrogens with one attached hydrogen (secondary N) is 2. The van der Waals surface area contributed by atoms with E-state index in [1.807, 2.05) is 12.1 Å². The van der Waals surface area contributed by atoms with E-state index in [1.165, 1.54) is 0 Å². The van der Waals surface area contributed by atoms with Gasteiger partial charge in [0.25, 0.3) is 5.91 Å². The Bertz CT molecular complexity index is 589. The Kier molecular flexibility index (Phi) is 4.17. The molecule has 1 aromatic carbocycles. The Morgan fingerprint density at radius 2 is 2.06 bits per heavy atom. The van der Waals surface area contributed by atoms with Crippen molar-refractivity contribution in [3.8, 4) is 0 Å². The quantitative estimate of drug-likeness (QED) is 0.844. The average Bonchev–Trinajstić information content (AvgIpc) is 2.82. The molecule has 0 bridgehead atoms. The van der Waals surface area contributed by atoms with E-state index in [1.54, 1.807) is 17.5 Å². The lowest BCUT2D eigenvalue weighted by Gasteiger charge is -2.04. The molecule has 2 rings (SSSR count). The normalized spacial score (nSPS) is 10.3. The van der Waals surface area contributed by atoms with E-state index in [4.69, 9.17) is 11.6 Å². The average molecular weight is 283 g/mol. The minimum absolute atomic E-state index is 0.120. The van der Waals surface area contributed by atoms with E-state index in [0.717, 1.165) is 16.9 Å². The summed E-state index contributed by atoms with van der Waals surface area (Å²) in [6.45, 7) is 0.314. The summed E-state index contributed by atoms with van der Waals surface area (Å²) in [7, 11) is 0. The number of thiazole rings is 1. The highest BCUT2D eigenvalue weighted by atomic mass is 35.5. The molecule has 94 valence electrons. The number of hydrogen-bond donors (Lipinski definition) is 2. The Labute approximate surface area is 113 Å². The van der Waals surface area contributed by atoms with Gasteiger partial charge in [0, 0.05) is 22.5 Å². The number of H-pyrrole nitrogens is 1. The van der Waals surface area contributed by atoms with E-state index < -0.39 is 0 Å². The molecular formula is C12H11ClN2O2S. The highest BCUT2D eigenvalue weighted by molar-refractivity contribution is 7.07. The molecule has 0 saturated heterocycles. The Balaban J connectivity index is 1.96. The van der Waals surface area contributed by atoms with Crippen molar-refractivity contribution in [2.24, 2.45) is 0 Å². The summed E-state index contributed by atoms with van der Waals surface area (Å²) in [6, 6.07) is 7.08. The van der Waals surface area contributed by atoms with Gasteiger partial charge in [0.2, 0.25) is 0 Å². The van der Waals surface area contributed by atoms with Gasteiger partial charge in [0.1, 0.15) is 0 Å². The van der Waals surface area contributed by atoms with Crippen molar-refractivity contribution in [2.75, 3.05) is 0 Å². The van der Waals surface area contributed by atoms with E-state index in [-0.39, 0.29) is 10.8 Å². The second kappa shape index (κ2) is 5.84. The lowest BCUT2D eigenvalue weighted by atomic mass is 10.1. The van der Waals surface area contributed by atoms with Crippen LogP contribution >= 0.6 is 22.9 Å². The number of carbonyl (C=O) groups is 1. The minimum atomic E-state index is -0.178. The maximum Gasteiger partial charge on any atom is 0.304 e. The number of rotatable bonds is 4. The van der Waals surface area contributed by atoms with Gasteiger partial charge in [-0.1, -0.05) is 23.5 Å². The molecular weight excluding hydrogens is 272 g/mol. The fourth-order valence-electron chi connectivity index (χ4n) is 1.42. The Hall–Kier alpha value is -1.59. The van der Waals surface area contributed by atoms with Gasteiger partial charge in [-0.25, -0.2) is 0 Å². The number of halogens is 1. The number of amides is 1. The Morgan fingerprint density at radius 1 is 1.33 bits per heavy atom. The first kappa shape index (κ1) is 12.9. The van der Waals surface area contributed by atoms with Crippen LogP contribution < -0.4 is 10.2 Å². The summed E-state index contributed by atoms with van der Waals surface area (Å²) in [6.07, 6.45) is 0. The molecule has 0 atom stereocenters. The summed E-state index contributed by atoms with van der Waals surface area (Å²) in [5, 5.41) is 4.42. The monoisotopic (exact) mass is 282 g/mol. The summed E-state index contributed by atoms with van der Waals surface area (Å²) in [5.74, 6) is 0.251. The predicted octanol–water partition coefficient (Wildman–Crippen LogP) is 2.11. The maximum atomic E-state index is 11.8. The van der Waals surface area contributed by atoms with Gasteiger partial charge in [-0.3, -0.25) is 9.59 Å². The van der Waals surface area contributed by atoms with Gasteiger partial charge in [-0.2, -0.15) is 0 Å². The van der Waals surface area contributed by atoms with Crippen LogP contribution in [-0.4, -0.2) is 10.9 Å². The first-order valence-electron chi connectivity index (χ1n) is 5.29. The van der Waals surface area contributed by atoms with Crippen molar-refractivity contribution in [3.05, 3.63) is 56.1 Å². The molecule has 1 amide bonds. The van der Waals surface area contributed by atoms with Crippen molar-refractivity contribution in [2.45, 2.75) is 12.4 Å². The summed E-state index contributed by atoms with van der Waals surface area (Å²) < 4.78 is 0. The van der Waals surface area contributed by atoms with Crippen LogP contribution in [-0.2, 0) is 12.4 Å². The smallest absolute Gasteiger partial charge is 0.304 e.